The number of carbonyl (C=O) groups is 2. The summed E-state index contributed by atoms with van der Waals surface area (Å²) in [5.41, 5.74) is 1.01. The first-order valence-corrected chi connectivity index (χ1v) is 9.91. The lowest BCUT2D eigenvalue weighted by atomic mass is 9.82. The van der Waals surface area contributed by atoms with E-state index in [0.717, 1.165) is 44.7 Å². The average Bonchev–Trinajstić information content (AvgIpc) is 2.67. The molecular weight excluding hydrogens is 376 g/mol. The van der Waals surface area contributed by atoms with E-state index in [2.05, 4.69) is 22.5 Å². The summed E-state index contributed by atoms with van der Waals surface area (Å²) >= 11 is 0. The third-order valence-electron chi connectivity index (χ3n) is 5.27. The van der Waals surface area contributed by atoms with Crippen molar-refractivity contribution in [1.82, 2.24) is 10.3 Å². The van der Waals surface area contributed by atoms with Crippen LogP contribution in [0.5, 0.6) is 0 Å². The van der Waals surface area contributed by atoms with Crippen LogP contribution < -0.4 is 10.6 Å². The molecule has 2 aliphatic rings. The van der Waals surface area contributed by atoms with Crippen LogP contribution in [0.15, 0.2) is 36.5 Å². The summed E-state index contributed by atoms with van der Waals surface area (Å²) in [5.74, 6) is 0.115. The number of hydrogen-bond donors (Lipinski definition) is 2. The zero-order valence-corrected chi connectivity index (χ0v) is 16.4. The molecule has 4 rings (SSSR count). The Labute approximate surface area is 170 Å². The number of benzene rings is 1. The normalized spacial score (nSPS) is 20.6. The molecule has 0 atom stereocenters. The van der Waals surface area contributed by atoms with Crippen LogP contribution in [0.4, 0.5) is 14.6 Å². The molecule has 0 radical (unpaired) electrons. The Morgan fingerprint density at radius 2 is 1.72 bits per heavy atom. The third-order valence-corrected chi connectivity index (χ3v) is 5.27. The molecule has 2 aromatic rings. The van der Waals surface area contributed by atoms with Crippen molar-refractivity contribution < 1.29 is 19.8 Å². The molecule has 2 fully saturated rings. The van der Waals surface area contributed by atoms with Gasteiger partial charge in [-0.3, -0.25) is 9.59 Å². The molecule has 1 aliphatic heterocycles. The molecule has 1 saturated heterocycles. The van der Waals surface area contributed by atoms with E-state index in [4.69, 9.17) is 0 Å². The van der Waals surface area contributed by atoms with Crippen LogP contribution in [0.1, 0.15) is 40.5 Å². The zero-order chi connectivity index (χ0) is 20.8. The maximum atomic E-state index is 13.3. The predicted octanol–water partition coefficient (Wildman–Crippen LogP) is 4.54. The number of aromatic nitrogens is 1. The fraction of sp³-hybridized carbons (Fsp3) is 0.409. The molecule has 0 bridgehead atoms. The van der Waals surface area contributed by atoms with Crippen molar-refractivity contribution in [3.63, 3.8) is 0 Å². The topological polar surface area (TPSA) is 71.1 Å². The molecule has 0 unspecified atom stereocenters. The molecule has 1 aliphatic carbocycles. The lowest BCUT2D eigenvalue weighted by Gasteiger charge is -2.25. The van der Waals surface area contributed by atoms with Gasteiger partial charge in [0.1, 0.15) is 17.5 Å². The summed E-state index contributed by atoms with van der Waals surface area (Å²) in [6, 6.07) is 6.68. The lowest BCUT2D eigenvalue weighted by molar-refractivity contribution is -0.125. The first kappa shape index (κ1) is 20.9. The van der Waals surface area contributed by atoms with Gasteiger partial charge in [-0.15, -0.1) is 0 Å². The van der Waals surface area contributed by atoms with Gasteiger partial charge in [0.15, 0.2) is 0 Å². The van der Waals surface area contributed by atoms with Crippen LogP contribution in [0.25, 0.3) is 11.1 Å². The molecule has 2 N–H and O–H groups in total. The predicted molar refractivity (Wildman–Crippen MR) is 109 cm³/mol. The number of nitrogens with one attached hydrogen (secondary N) is 2. The Bertz CT molecular complexity index is 843. The Hall–Kier alpha value is -2.83. The molecular formula is C22H27F2N3O2. The number of amides is 2. The Balaban J connectivity index is 0.000000468. The SMILES string of the molecule is CC1CCC(C(=O)Nc2ccc(-c3cc(F)cc(F)c3)cn2)CC1.O=C1CCN1.[HH]. The van der Waals surface area contributed by atoms with Gasteiger partial charge in [-0.1, -0.05) is 6.92 Å². The minimum absolute atomic E-state index is 0. The van der Waals surface area contributed by atoms with E-state index in [1.54, 1.807) is 12.1 Å². The fourth-order valence-electron chi connectivity index (χ4n) is 3.34. The highest BCUT2D eigenvalue weighted by atomic mass is 19.1. The highest BCUT2D eigenvalue weighted by Crippen LogP contribution is 2.29. The maximum absolute atomic E-state index is 13.3. The van der Waals surface area contributed by atoms with E-state index in [0.29, 0.717) is 22.9 Å². The Morgan fingerprint density at radius 1 is 1.10 bits per heavy atom. The molecule has 29 heavy (non-hydrogen) atoms. The average molecular weight is 403 g/mol. The number of hydrogen-bond acceptors (Lipinski definition) is 3. The van der Waals surface area contributed by atoms with Crippen molar-refractivity contribution in [2.45, 2.75) is 39.0 Å². The molecule has 1 saturated carbocycles. The summed E-state index contributed by atoms with van der Waals surface area (Å²) in [7, 11) is 0. The van der Waals surface area contributed by atoms with Gasteiger partial charge in [0, 0.05) is 38.1 Å². The van der Waals surface area contributed by atoms with Gasteiger partial charge in [-0.05, 0) is 61.4 Å². The van der Waals surface area contributed by atoms with E-state index in [1.165, 1.54) is 18.3 Å². The standard InChI is InChI=1S/C19H20F2N2O.C3H5NO.H2/c1-12-2-4-13(5-3-12)19(24)23-18-7-6-14(11-22-18)15-8-16(20)10-17(21)9-15;5-3-1-2-4-3;/h6-13H,2-5H2,1H3,(H,22,23,24);1-2H2,(H,4,5);1H. The summed E-state index contributed by atoms with van der Waals surface area (Å²) in [4.78, 5) is 26.2. The van der Waals surface area contributed by atoms with Gasteiger partial charge < -0.3 is 10.6 Å². The van der Waals surface area contributed by atoms with Gasteiger partial charge in [0.25, 0.3) is 0 Å². The van der Waals surface area contributed by atoms with Crippen molar-refractivity contribution >= 4 is 17.6 Å². The number of anilines is 1. The van der Waals surface area contributed by atoms with Crippen molar-refractivity contribution in [3.05, 3.63) is 48.2 Å². The number of carbonyl (C=O) groups excluding carboxylic acids is 2. The van der Waals surface area contributed by atoms with Gasteiger partial charge in [0.05, 0.1) is 0 Å². The highest BCUT2D eigenvalue weighted by Gasteiger charge is 2.24. The Morgan fingerprint density at radius 3 is 2.21 bits per heavy atom. The summed E-state index contributed by atoms with van der Waals surface area (Å²) < 4.78 is 26.6. The minimum atomic E-state index is -0.631. The van der Waals surface area contributed by atoms with Crippen LogP contribution >= 0.6 is 0 Å². The molecule has 156 valence electrons. The summed E-state index contributed by atoms with van der Waals surface area (Å²) in [5, 5.41) is 5.40. The maximum Gasteiger partial charge on any atom is 0.228 e. The Kier molecular flexibility index (Phi) is 6.90. The number of halogens is 2. The van der Waals surface area contributed by atoms with Crippen LogP contribution in [0, 0.1) is 23.5 Å². The van der Waals surface area contributed by atoms with Gasteiger partial charge >= 0.3 is 0 Å². The monoisotopic (exact) mass is 403 g/mol. The largest absolute Gasteiger partial charge is 0.356 e. The molecule has 1 aromatic carbocycles. The van der Waals surface area contributed by atoms with Crippen LogP contribution in [0.3, 0.4) is 0 Å². The second-order valence-electron chi connectivity index (χ2n) is 7.64. The highest BCUT2D eigenvalue weighted by molar-refractivity contribution is 5.91. The first-order valence-electron chi connectivity index (χ1n) is 9.91. The van der Waals surface area contributed by atoms with E-state index in [9.17, 15) is 18.4 Å². The van der Waals surface area contributed by atoms with Crippen LogP contribution in [0.2, 0.25) is 0 Å². The lowest BCUT2D eigenvalue weighted by Crippen LogP contribution is -2.37. The van der Waals surface area contributed by atoms with Crippen molar-refractivity contribution in [1.29, 1.82) is 0 Å². The minimum Gasteiger partial charge on any atom is -0.356 e. The van der Waals surface area contributed by atoms with Gasteiger partial charge in [0.2, 0.25) is 11.8 Å². The summed E-state index contributed by atoms with van der Waals surface area (Å²) in [6.07, 6.45) is 6.22. The summed E-state index contributed by atoms with van der Waals surface area (Å²) in [6.45, 7) is 3.10. The van der Waals surface area contributed by atoms with Crippen molar-refractivity contribution in [3.8, 4) is 11.1 Å². The molecule has 2 amide bonds. The van der Waals surface area contributed by atoms with Crippen molar-refractivity contribution in [2.24, 2.45) is 11.8 Å². The smallest absolute Gasteiger partial charge is 0.228 e. The molecule has 1 aromatic heterocycles. The molecule has 2 heterocycles. The van der Waals surface area contributed by atoms with E-state index in [1.807, 2.05) is 0 Å². The van der Waals surface area contributed by atoms with Gasteiger partial charge in [-0.2, -0.15) is 0 Å². The first-order chi connectivity index (χ1) is 13.9. The van der Waals surface area contributed by atoms with Crippen molar-refractivity contribution in [2.75, 3.05) is 11.9 Å². The van der Waals surface area contributed by atoms with Crippen LogP contribution in [-0.4, -0.2) is 23.3 Å². The van der Waals surface area contributed by atoms with Gasteiger partial charge in [-0.25, -0.2) is 13.8 Å². The molecule has 7 heteroatoms. The van der Waals surface area contributed by atoms with E-state index < -0.39 is 11.6 Å². The van der Waals surface area contributed by atoms with Crippen LogP contribution in [-0.2, 0) is 9.59 Å². The third kappa shape index (κ3) is 6.07. The number of nitrogens with zero attached hydrogens (tertiary/aromatic N) is 1. The molecule has 0 spiro atoms. The second kappa shape index (κ2) is 9.58. The van der Waals surface area contributed by atoms with E-state index >= 15 is 0 Å². The van der Waals surface area contributed by atoms with E-state index in [-0.39, 0.29) is 19.2 Å². The molecule has 5 nitrogen and oxygen atoms in total. The quantitative estimate of drug-likeness (QED) is 0.739. The number of rotatable bonds is 3. The number of pyridine rings is 1. The number of β-lactam (4-membered cyclic amide) rings is 1. The zero-order valence-electron chi connectivity index (χ0n) is 16.4. The fourth-order valence-corrected chi connectivity index (χ4v) is 3.34. The second-order valence-corrected chi connectivity index (χ2v) is 7.64.